The molecule has 0 aliphatic rings. The van der Waals surface area contributed by atoms with Crippen LogP contribution in [0.1, 0.15) is 19.4 Å². The lowest BCUT2D eigenvalue weighted by Gasteiger charge is -2.16. The van der Waals surface area contributed by atoms with Gasteiger partial charge in [-0.2, -0.15) is 5.26 Å². The van der Waals surface area contributed by atoms with Gasteiger partial charge in [0, 0.05) is 42.2 Å². The number of aromatic nitrogens is 5. The Bertz CT molecular complexity index is 1910. The summed E-state index contributed by atoms with van der Waals surface area (Å²) >= 11 is 0. The zero-order chi connectivity index (χ0) is 26.4. The average Bonchev–Trinajstić information content (AvgIpc) is 3.23. The van der Waals surface area contributed by atoms with E-state index in [0.717, 1.165) is 55.6 Å². The first kappa shape index (κ1) is 23.3. The summed E-state index contributed by atoms with van der Waals surface area (Å²) in [6.45, 7) is 3.76. The minimum atomic E-state index is -0.616. The monoisotopic (exact) mass is 496 g/mol. The summed E-state index contributed by atoms with van der Waals surface area (Å²) in [5, 5.41) is 10.4. The Kier molecular flexibility index (Phi) is 5.39. The molecule has 0 unspecified atom stereocenters. The number of nitrogens with zero attached hydrogens (tertiary/aromatic N) is 6. The van der Waals surface area contributed by atoms with Crippen LogP contribution >= 0.6 is 0 Å². The fraction of sp³-hybridized carbons (Fsp3) is 0.129. The second kappa shape index (κ2) is 8.79. The molecule has 0 fully saturated rings. The van der Waals surface area contributed by atoms with Crippen molar-refractivity contribution in [2.75, 3.05) is 0 Å². The van der Waals surface area contributed by atoms with Crippen molar-refractivity contribution in [3.05, 3.63) is 108 Å². The molecule has 4 heterocycles. The van der Waals surface area contributed by atoms with Crippen molar-refractivity contribution in [1.29, 1.82) is 5.26 Å². The summed E-state index contributed by atoms with van der Waals surface area (Å²) in [5.74, 6) is 0. The topological polar surface area (TPSA) is 89.4 Å². The fourth-order valence-electron chi connectivity index (χ4n) is 4.77. The minimum absolute atomic E-state index is 0.157. The van der Waals surface area contributed by atoms with Crippen LogP contribution in [0.2, 0.25) is 0 Å². The van der Waals surface area contributed by atoms with Gasteiger partial charge >= 0.3 is 5.69 Å². The molecule has 4 aromatic heterocycles. The third-order valence-corrected chi connectivity index (χ3v) is 7.08. The van der Waals surface area contributed by atoms with Crippen LogP contribution in [-0.2, 0) is 12.5 Å². The first-order valence-electron chi connectivity index (χ1n) is 12.3. The van der Waals surface area contributed by atoms with Crippen molar-refractivity contribution in [2.45, 2.75) is 19.3 Å². The molecule has 0 saturated carbocycles. The van der Waals surface area contributed by atoms with E-state index >= 15 is 0 Å². The second-order valence-electron chi connectivity index (χ2n) is 9.85. The van der Waals surface area contributed by atoms with Gasteiger partial charge in [0.25, 0.3) is 0 Å². The maximum Gasteiger partial charge on any atom is 0.333 e. The van der Waals surface area contributed by atoms with Crippen LogP contribution in [0.25, 0.3) is 50.0 Å². The van der Waals surface area contributed by atoms with Crippen molar-refractivity contribution in [2.24, 2.45) is 7.05 Å². The maximum absolute atomic E-state index is 13.4. The molecule has 6 aromatic rings. The standard InChI is InChI=1S/C31H24N6O/c1-31(2,19-32)23-6-8-24(9-7-23)37-29-25-16-21(4-11-27(25)35-18-28(29)36(3)30(37)38)22-5-10-26(34-17-22)20-12-14-33-15-13-20/h4-18H,1-3H3. The van der Waals surface area contributed by atoms with Gasteiger partial charge in [-0.25, -0.2) is 4.79 Å². The van der Waals surface area contributed by atoms with E-state index in [-0.39, 0.29) is 5.69 Å². The van der Waals surface area contributed by atoms with E-state index in [1.165, 1.54) is 0 Å². The van der Waals surface area contributed by atoms with Crippen molar-refractivity contribution in [3.63, 3.8) is 0 Å². The summed E-state index contributed by atoms with van der Waals surface area (Å²) in [6.07, 6.45) is 7.11. The smallest absolute Gasteiger partial charge is 0.293 e. The molecule has 0 spiro atoms. The quantitative estimate of drug-likeness (QED) is 0.308. The fourth-order valence-corrected chi connectivity index (χ4v) is 4.77. The zero-order valence-corrected chi connectivity index (χ0v) is 21.3. The van der Waals surface area contributed by atoms with Crippen LogP contribution < -0.4 is 5.69 Å². The van der Waals surface area contributed by atoms with Crippen LogP contribution in [0.5, 0.6) is 0 Å². The lowest BCUT2D eigenvalue weighted by Crippen LogP contribution is -2.21. The molecule has 7 nitrogen and oxygen atoms in total. The minimum Gasteiger partial charge on any atom is -0.293 e. The highest BCUT2D eigenvalue weighted by atomic mass is 16.1. The second-order valence-corrected chi connectivity index (χ2v) is 9.85. The van der Waals surface area contributed by atoms with E-state index < -0.39 is 5.41 Å². The van der Waals surface area contributed by atoms with Gasteiger partial charge in [-0.15, -0.1) is 0 Å². The summed E-state index contributed by atoms with van der Waals surface area (Å²) in [5.41, 5.74) is 7.02. The van der Waals surface area contributed by atoms with Crippen LogP contribution in [-0.4, -0.2) is 24.1 Å². The molecular weight excluding hydrogens is 472 g/mol. The van der Waals surface area contributed by atoms with E-state index in [9.17, 15) is 10.1 Å². The van der Waals surface area contributed by atoms with Gasteiger partial charge in [-0.05, 0) is 67.4 Å². The van der Waals surface area contributed by atoms with Crippen LogP contribution in [0.15, 0.2) is 96.3 Å². The predicted octanol–water partition coefficient (Wildman–Crippen LogP) is 5.80. The number of rotatable bonds is 4. The molecule has 0 N–H and O–H groups in total. The lowest BCUT2D eigenvalue weighted by molar-refractivity contribution is 0.686. The molecule has 2 aromatic carbocycles. The van der Waals surface area contributed by atoms with E-state index in [0.29, 0.717) is 0 Å². The SMILES string of the molecule is Cn1c(=O)n(-c2ccc(C(C)(C)C#N)cc2)c2c3cc(-c4ccc(-c5ccncc5)nc4)ccc3ncc21. The summed E-state index contributed by atoms with van der Waals surface area (Å²) in [6, 6.07) is 23.9. The average molecular weight is 497 g/mol. The molecule has 0 aliphatic heterocycles. The molecule has 0 bridgehead atoms. The predicted molar refractivity (Wildman–Crippen MR) is 149 cm³/mol. The van der Waals surface area contributed by atoms with Crippen molar-refractivity contribution >= 4 is 21.9 Å². The Labute approximate surface area is 219 Å². The number of aryl methyl sites for hydroxylation is 1. The highest BCUT2D eigenvalue weighted by Gasteiger charge is 2.21. The van der Waals surface area contributed by atoms with Gasteiger partial charge in [0.05, 0.1) is 45.6 Å². The number of hydrogen-bond donors (Lipinski definition) is 0. The molecule has 0 radical (unpaired) electrons. The van der Waals surface area contributed by atoms with E-state index in [1.54, 1.807) is 34.8 Å². The Morgan fingerprint density at radius 1 is 0.842 bits per heavy atom. The Morgan fingerprint density at radius 2 is 1.58 bits per heavy atom. The largest absolute Gasteiger partial charge is 0.333 e. The highest BCUT2D eigenvalue weighted by molar-refractivity contribution is 6.04. The van der Waals surface area contributed by atoms with Crippen LogP contribution in [0.3, 0.4) is 0 Å². The lowest BCUT2D eigenvalue weighted by atomic mass is 9.86. The molecular formula is C31H24N6O. The molecule has 184 valence electrons. The molecule has 6 rings (SSSR count). The van der Waals surface area contributed by atoms with E-state index in [4.69, 9.17) is 0 Å². The van der Waals surface area contributed by atoms with Crippen molar-refractivity contribution in [3.8, 4) is 34.1 Å². The molecule has 0 amide bonds. The van der Waals surface area contributed by atoms with E-state index in [1.807, 2.05) is 80.7 Å². The third kappa shape index (κ3) is 3.75. The van der Waals surface area contributed by atoms with Gasteiger partial charge in [-0.1, -0.05) is 24.3 Å². The van der Waals surface area contributed by atoms with Crippen molar-refractivity contribution < 1.29 is 0 Å². The van der Waals surface area contributed by atoms with Crippen LogP contribution in [0, 0.1) is 11.3 Å². The Morgan fingerprint density at radius 3 is 2.26 bits per heavy atom. The maximum atomic E-state index is 13.4. The number of imidazole rings is 1. The summed E-state index contributed by atoms with van der Waals surface area (Å²) < 4.78 is 3.34. The normalized spacial score (nSPS) is 11.6. The highest BCUT2D eigenvalue weighted by Crippen LogP contribution is 2.31. The first-order valence-corrected chi connectivity index (χ1v) is 12.3. The van der Waals surface area contributed by atoms with Gasteiger partial charge in [0.1, 0.15) is 0 Å². The third-order valence-electron chi connectivity index (χ3n) is 7.08. The Hall–Kier alpha value is -5.09. The number of hydrogen-bond acceptors (Lipinski definition) is 5. The number of fused-ring (bicyclic) bond motifs is 3. The molecule has 7 heteroatoms. The van der Waals surface area contributed by atoms with Gasteiger partial charge in [0.15, 0.2) is 0 Å². The number of benzene rings is 2. The Balaban J connectivity index is 1.51. The molecule has 0 atom stereocenters. The number of pyridine rings is 3. The molecule has 0 saturated heterocycles. The van der Waals surface area contributed by atoms with Crippen LogP contribution in [0.4, 0.5) is 0 Å². The molecule has 38 heavy (non-hydrogen) atoms. The van der Waals surface area contributed by atoms with E-state index in [2.05, 4.69) is 27.1 Å². The summed E-state index contributed by atoms with van der Waals surface area (Å²) in [4.78, 5) is 26.8. The first-order chi connectivity index (χ1) is 18.4. The number of nitriles is 1. The zero-order valence-electron chi connectivity index (χ0n) is 21.3. The van der Waals surface area contributed by atoms with Gasteiger partial charge < -0.3 is 0 Å². The van der Waals surface area contributed by atoms with Gasteiger partial charge in [-0.3, -0.25) is 24.1 Å². The molecule has 0 aliphatic carbocycles. The van der Waals surface area contributed by atoms with Gasteiger partial charge in [0.2, 0.25) is 0 Å². The summed E-state index contributed by atoms with van der Waals surface area (Å²) in [7, 11) is 1.76. The van der Waals surface area contributed by atoms with Crippen molar-refractivity contribution in [1.82, 2.24) is 24.1 Å².